The number of carbonyl (C=O) groups is 1. The molecule has 0 saturated carbocycles. The highest BCUT2D eigenvalue weighted by atomic mass is 32.2. The Balaban J connectivity index is 2.20. The van der Waals surface area contributed by atoms with Crippen molar-refractivity contribution in [2.45, 2.75) is 17.2 Å². The van der Waals surface area contributed by atoms with Gasteiger partial charge in [-0.1, -0.05) is 6.07 Å². The van der Waals surface area contributed by atoms with Gasteiger partial charge in [0.05, 0.1) is 0 Å². The molecular weight excluding hydrogens is 300 g/mol. The maximum Gasteiger partial charge on any atom is 0.345 e. The van der Waals surface area contributed by atoms with E-state index in [0.29, 0.717) is 0 Å². The summed E-state index contributed by atoms with van der Waals surface area (Å²) in [5, 5.41) is 8.81. The van der Waals surface area contributed by atoms with Gasteiger partial charge in [0.1, 0.15) is 9.09 Å². The summed E-state index contributed by atoms with van der Waals surface area (Å²) in [5.41, 5.74) is 0.728. The zero-order chi connectivity index (χ0) is 14.8. The van der Waals surface area contributed by atoms with Gasteiger partial charge in [0, 0.05) is 18.4 Å². The van der Waals surface area contributed by atoms with Gasteiger partial charge < -0.3 is 5.11 Å². The lowest BCUT2D eigenvalue weighted by molar-refractivity contribution is 0.0702. The summed E-state index contributed by atoms with van der Waals surface area (Å²) in [5.74, 6) is -1.14. The van der Waals surface area contributed by atoms with E-state index in [1.165, 1.54) is 12.1 Å². The number of carboxylic acid groups (broad SMARTS) is 1. The Bertz CT molecular complexity index is 710. The SMILES string of the molecule is CC(NS(=O)(=O)c1ccc(C(=O)O)s1)c1cccnc1. The molecule has 0 aliphatic carbocycles. The number of thiophene rings is 1. The molecule has 6 nitrogen and oxygen atoms in total. The highest BCUT2D eigenvalue weighted by Gasteiger charge is 2.21. The Morgan fingerprint density at radius 2 is 2.15 bits per heavy atom. The van der Waals surface area contributed by atoms with Crippen molar-refractivity contribution in [1.29, 1.82) is 0 Å². The van der Waals surface area contributed by atoms with E-state index in [1.807, 2.05) is 0 Å². The third-order valence-corrected chi connectivity index (χ3v) is 5.68. The van der Waals surface area contributed by atoms with Gasteiger partial charge in [0.25, 0.3) is 10.0 Å². The lowest BCUT2D eigenvalue weighted by atomic mass is 10.2. The Morgan fingerprint density at radius 3 is 2.70 bits per heavy atom. The van der Waals surface area contributed by atoms with Crippen LogP contribution >= 0.6 is 11.3 Å². The summed E-state index contributed by atoms with van der Waals surface area (Å²) >= 11 is 0.719. The van der Waals surface area contributed by atoms with E-state index in [2.05, 4.69) is 9.71 Å². The largest absolute Gasteiger partial charge is 0.477 e. The van der Waals surface area contributed by atoms with Crippen LogP contribution in [0.15, 0.2) is 40.9 Å². The number of hydrogen-bond donors (Lipinski definition) is 2. The second-order valence-electron chi connectivity index (χ2n) is 4.05. The first-order chi connectivity index (χ1) is 9.40. The van der Waals surface area contributed by atoms with E-state index in [4.69, 9.17) is 5.11 Å². The van der Waals surface area contributed by atoms with Crippen LogP contribution in [-0.4, -0.2) is 24.5 Å². The molecule has 0 radical (unpaired) electrons. The molecule has 0 bridgehead atoms. The van der Waals surface area contributed by atoms with Crippen LogP contribution < -0.4 is 4.72 Å². The first-order valence-electron chi connectivity index (χ1n) is 5.65. The van der Waals surface area contributed by atoms with E-state index in [-0.39, 0.29) is 9.09 Å². The van der Waals surface area contributed by atoms with Crippen molar-refractivity contribution in [3.8, 4) is 0 Å². The number of nitrogens with zero attached hydrogens (tertiary/aromatic N) is 1. The minimum atomic E-state index is -3.74. The molecular formula is C12H12N2O4S2. The molecule has 106 valence electrons. The number of aromatic carboxylic acids is 1. The quantitative estimate of drug-likeness (QED) is 0.878. The zero-order valence-corrected chi connectivity index (χ0v) is 12.1. The van der Waals surface area contributed by atoms with Crippen molar-refractivity contribution < 1.29 is 18.3 Å². The first-order valence-corrected chi connectivity index (χ1v) is 7.95. The molecule has 1 atom stereocenters. The van der Waals surface area contributed by atoms with Crippen LogP contribution in [0, 0.1) is 0 Å². The summed E-state index contributed by atoms with van der Waals surface area (Å²) < 4.78 is 26.7. The van der Waals surface area contributed by atoms with E-state index < -0.39 is 22.0 Å². The molecule has 20 heavy (non-hydrogen) atoms. The fraction of sp³-hybridized carbons (Fsp3) is 0.167. The molecule has 0 aliphatic rings. The lowest BCUT2D eigenvalue weighted by Gasteiger charge is -2.13. The fourth-order valence-corrected chi connectivity index (χ4v) is 3.96. The van der Waals surface area contributed by atoms with E-state index in [1.54, 1.807) is 31.5 Å². The van der Waals surface area contributed by atoms with E-state index >= 15 is 0 Å². The second-order valence-corrected chi connectivity index (χ2v) is 7.08. The number of aromatic nitrogens is 1. The number of carboxylic acids is 1. The van der Waals surface area contributed by atoms with Crippen LogP contribution in [-0.2, 0) is 10.0 Å². The van der Waals surface area contributed by atoms with Gasteiger partial charge >= 0.3 is 5.97 Å². The van der Waals surface area contributed by atoms with Crippen molar-refractivity contribution in [2.24, 2.45) is 0 Å². The predicted octanol–water partition coefficient (Wildman–Crippen LogP) is 1.88. The van der Waals surface area contributed by atoms with Gasteiger partial charge in [-0.25, -0.2) is 17.9 Å². The molecule has 0 aliphatic heterocycles. The standard InChI is InChI=1S/C12H12N2O4S2/c1-8(9-3-2-6-13-7-9)14-20(17,18)11-5-4-10(19-11)12(15)16/h2-8,14H,1H3,(H,15,16). The summed E-state index contributed by atoms with van der Waals surface area (Å²) in [6.07, 6.45) is 3.17. The number of hydrogen-bond acceptors (Lipinski definition) is 5. The molecule has 0 amide bonds. The van der Waals surface area contributed by atoms with E-state index in [9.17, 15) is 13.2 Å². The van der Waals surface area contributed by atoms with Crippen molar-refractivity contribution in [1.82, 2.24) is 9.71 Å². The van der Waals surface area contributed by atoms with Crippen LogP contribution in [0.5, 0.6) is 0 Å². The Hall–Kier alpha value is -1.77. The van der Waals surface area contributed by atoms with Crippen molar-refractivity contribution >= 4 is 27.3 Å². The Morgan fingerprint density at radius 1 is 1.40 bits per heavy atom. The minimum absolute atomic E-state index is 0.0144. The lowest BCUT2D eigenvalue weighted by Crippen LogP contribution is -2.26. The number of rotatable bonds is 5. The maximum absolute atomic E-state index is 12.1. The molecule has 2 aromatic heterocycles. The molecule has 0 spiro atoms. The molecule has 1 unspecified atom stereocenters. The van der Waals surface area contributed by atoms with Crippen molar-refractivity contribution in [3.05, 3.63) is 47.1 Å². The molecule has 2 heterocycles. The molecule has 2 aromatic rings. The Labute approximate surface area is 120 Å². The predicted molar refractivity (Wildman–Crippen MR) is 74.3 cm³/mol. The van der Waals surface area contributed by atoms with Gasteiger partial charge in [0.2, 0.25) is 0 Å². The van der Waals surface area contributed by atoms with Crippen LogP contribution in [0.1, 0.15) is 28.2 Å². The second kappa shape index (κ2) is 5.70. The smallest absolute Gasteiger partial charge is 0.345 e. The summed E-state index contributed by atoms with van der Waals surface area (Å²) in [7, 11) is -3.74. The average Bonchev–Trinajstić information content (AvgIpc) is 2.90. The number of sulfonamides is 1. The van der Waals surface area contributed by atoms with Gasteiger partial charge in [-0.3, -0.25) is 4.98 Å². The van der Waals surface area contributed by atoms with E-state index in [0.717, 1.165) is 16.9 Å². The maximum atomic E-state index is 12.1. The normalized spacial score (nSPS) is 13.1. The van der Waals surface area contributed by atoms with Crippen LogP contribution in [0.3, 0.4) is 0 Å². The van der Waals surface area contributed by atoms with Crippen LogP contribution in [0.2, 0.25) is 0 Å². The monoisotopic (exact) mass is 312 g/mol. The molecule has 2 N–H and O–H groups in total. The molecule has 2 rings (SSSR count). The summed E-state index contributed by atoms with van der Waals surface area (Å²) in [6, 6.07) is 5.58. The van der Waals surface area contributed by atoms with Crippen LogP contribution in [0.25, 0.3) is 0 Å². The van der Waals surface area contributed by atoms with Gasteiger partial charge in [0.15, 0.2) is 0 Å². The zero-order valence-electron chi connectivity index (χ0n) is 10.5. The van der Waals surface area contributed by atoms with Gasteiger partial charge in [-0.05, 0) is 30.7 Å². The highest BCUT2D eigenvalue weighted by Crippen LogP contribution is 2.23. The highest BCUT2D eigenvalue weighted by molar-refractivity contribution is 7.91. The minimum Gasteiger partial charge on any atom is -0.477 e. The molecule has 8 heteroatoms. The first kappa shape index (κ1) is 14.6. The number of nitrogens with one attached hydrogen (secondary N) is 1. The summed E-state index contributed by atoms with van der Waals surface area (Å²) in [6.45, 7) is 1.69. The van der Waals surface area contributed by atoms with Gasteiger partial charge in [-0.15, -0.1) is 11.3 Å². The third kappa shape index (κ3) is 3.21. The molecule has 0 fully saturated rings. The third-order valence-electron chi connectivity index (χ3n) is 2.57. The molecule has 0 saturated heterocycles. The fourth-order valence-electron chi connectivity index (χ4n) is 1.57. The topological polar surface area (TPSA) is 96.4 Å². The Kier molecular flexibility index (Phi) is 4.17. The van der Waals surface area contributed by atoms with Gasteiger partial charge in [-0.2, -0.15) is 0 Å². The van der Waals surface area contributed by atoms with Crippen molar-refractivity contribution in [2.75, 3.05) is 0 Å². The molecule has 0 aromatic carbocycles. The average molecular weight is 312 g/mol. The summed E-state index contributed by atoms with van der Waals surface area (Å²) in [4.78, 5) is 14.7. The van der Waals surface area contributed by atoms with Crippen molar-refractivity contribution in [3.63, 3.8) is 0 Å². The number of pyridine rings is 1. The van der Waals surface area contributed by atoms with Crippen LogP contribution in [0.4, 0.5) is 0 Å².